The van der Waals surface area contributed by atoms with Gasteiger partial charge in [0.2, 0.25) is 0 Å². The summed E-state index contributed by atoms with van der Waals surface area (Å²) in [6.45, 7) is 0. The summed E-state index contributed by atoms with van der Waals surface area (Å²) in [6, 6.07) is 6.96. The Kier molecular flexibility index (Phi) is 5.01. The van der Waals surface area contributed by atoms with Crippen LogP contribution in [0.1, 0.15) is 28.4 Å². The van der Waals surface area contributed by atoms with Crippen LogP contribution in [-0.2, 0) is 9.53 Å². The molecule has 1 aromatic carbocycles. The summed E-state index contributed by atoms with van der Waals surface area (Å²) in [5.74, 6) is -2.80. The van der Waals surface area contributed by atoms with Gasteiger partial charge in [0.25, 0.3) is 0 Å². The van der Waals surface area contributed by atoms with E-state index in [1.807, 2.05) is 0 Å². The van der Waals surface area contributed by atoms with Gasteiger partial charge < -0.3 is 14.6 Å². The van der Waals surface area contributed by atoms with Gasteiger partial charge in [0.05, 0.1) is 11.5 Å². The van der Waals surface area contributed by atoms with Crippen LogP contribution in [0.4, 0.5) is 4.39 Å². The number of rotatable bonds is 2. The average Bonchev–Trinajstić information content (AvgIpc) is 2.78. The van der Waals surface area contributed by atoms with E-state index in [2.05, 4.69) is 0 Å². The minimum absolute atomic E-state index is 0. The van der Waals surface area contributed by atoms with Crippen molar-refractivity contribution in [1.29, 1.82) is 0 Å². The maximum atomic E-state index is 13.3. The molecule has 0 spiro atoms. The minimum Gasteiger partial charge on any atom is -0.545 e. The molecule has 1 unspecified atom stereocenters. The first kappa shape index (κ1) is 16.7. The Hall–Kier alpha value is -1.69. The number of benzene rings is 1. The van der Waals surface area contributed by atoms with Crippen LogP contribution in [0, 0.1) is 0 Å². The van der Waals surface area contributed by atoms with Crippen LogP contribution in [-0.4, -0.2) is 11.9 Å². The van der Waals surface area contributed by atoms with Crippen LogP contribution in [0.3, 0.4) is 0 Å². The van der Waals surface area contributed by atoms with Crippen molar-refractivity contribution in [3.05, 3.63) is 70.6 Å². The number of aliphatic carboxylic acids is 1. The molecule has 0 bridgehead atoms. The molecule has 0 fully saturated rings. The predicted octanol–water partition coefficient (Wildman–Crippen LogP) is -1.24. The topological polar surface area (TPSA) is 66.4 Å². The molecule has 6 heteroatoms. The van der Waals surface area contributed by atoms with E-state index in [4.69, 9.17) is 4.74 Å². The summed E-state index contributed by atoms with van der Waals surface area (Å²) >= 11 is 0. The van der Waals surface area contributed by atoms with Crippen molar-refractivity contribution in [1.82, 2.24) is 0 Å². The van der Waals surface area contributed by atoms with Crippen LogP contribution >= 0.6 is 0 Å². The van der Waals surface area contributed by atoms with Crippen molar-refractivity contribution in [2.75, 3.05) is 0 Å². The monoisotopic (exact) mass is 308 g/mol. The molecule has 0 aromatic heterocycles. The molecule has 0 radical (unpaired) electrons. The van der Waals surface area contributed by atoms with Crippen molar-refractivity contribution in [2.24, 2.45) is 0 Å². The van der Waals surface area contributed by atoms with Crippen molar-refractivity contribution in [2.45, 2.75) is 12.5 Å². The Labute approximate surface area is 148 Å². The van der Waals surface area contributed by atoms with Gasteiger partial charge in [-0.25, -0.2) is 9.18 Å². The van der Waals surface area contributed by atoms with E-state index in [9.17, 15) is 19.1 Å². The Balaban J connectivity index is 0.00000176. The van der Waals surface area contributed by atoms with Gasteiger partial charge >= 0.3 is 35.5 Å². The van der Waals surface area contributed by atoms with Gasteiger partial charge in [0.15, 0.2) is 0 Å². The smallest absolute Gasteiger partial charge is 0.545 e. The third-order valence-corrected chi connectivity index (χ3v) is 3.41. The number of fused-ring (bicyclic) bond motifs is 1. The molecule has 0 amide bonds. The van der Waals surface area contributed by atoms with Crippen molar-refractivity contribution < 1.29 is 53.4 Å². The molecule has 1 atom stereocenters. The SMILES string of the molecule is O=C([O-])C1=CC(=CC2OC(=O)c3ccccc32)CC=C1F.[Na+]. The number of halogens is 1. The van der Waals surface area contributed by atoms with Crippen molar-refractivity contribution in [3.63, 3.8) is 0 Å². The molecule has 0 saturated carbocycles. The van der Waals surface area contributed by atoms with Crippen molar-refractivity contribution >= 4 is 11.9 Å². The van der Waals surface area contributed by atoms with Crippen LogP contribution in [0.5, 0.6) is 0 Å². The minimum atomic E-state index is -1.57. The fourth-order valence-corrected chi connectivity index (χ4v) is 2.39. The molecule has 1 aromatic rings. The zero-order chi connectivity index (χ0) is 15.0. The summed E-state index contributed by atoms with van der Waals surface area (Å²) in [5.41, 5.74) is 1.27. The summed E-state index contributed by atoms with van der Waals surface area (Å²) in [5, 5.41) is 10.8. The van der Waals surface area contributed by atoms with E-state index in [0.717, 1.165) is 0 Å². The van der Waals surface area contributed by atoms with Gasteiger partial charge in [0, 0.05) is 11.1 Å². The first-order valence-electron chi connectivity index (χ1n) is 6.36. The molecule has 1 heterocycles. The van der Waals surface area contributed by atoms with E-state index in [-0.39, 0.29) is 36.0 Å². The third kappa shape index (κ3) is 3.06. The second-order valence-electron chi connectivity index (χ2n) is 4.76. The van der Waals surface area contributed by atoms with Crippen LogP contribution < -0.4 is 34.7 Å². The largest absolute Gasteiger partial charge is 1.00 e. The van der Waals surface area contributed by atoms with E-state index < -0.39 is 29.4 Å². The molecule has 0 saturated heterocycles. The second-order valence-corrected chi connectivity index (χ2v) is 4.76. The fourth-order valence-electron chi connectivity index (χ4n) is 2.39. The van der Waals surface area contributed by atoms with Gasteiger partial charge in [0.1, 0.15) is 11.9 Å². The Bertz CT molecular complexity index is 733. The fraction of sp³-hybridized carbons (Fsp3) is 0.125. The molecule has 4 nitrogen and oxygen atoms in total. The first-order chi connectivity index (χ1) is 10.1. The van der Waals surface area contributed by atoms with Gasteiger partial charge in [-0.1, -0.05) is 18.2 Å². The molecule has 1 aliphatic heterocycles. The number of carboxylic acid groups (broad SMARTS) is 1. The number of carbonyl (C=O) groups excluding carboxylic acids is 2. The molecular formula is C16H10FNaO4. The molecule has 1 aliphatic carbocycles. The van der Waals surface area contributed by atoms with Crippen LogP contribution in [0.15, 0.2) is 59.5 Å². The number of ether oxygens (including phenoxy) is 1. The molecular weight excluding hydrogens is 298 g/mol. The number of allylic oxidation sites excluding steroid dienone is 3. The van der Waals surface area contributed by atoms with Crippen LogP contribution in [0.25, 0.3) is 0 Å². The quantitative estimate of drug-likeness (QED) is 0.506. The van der Waals surface area contributed by atoms with E-state index >= 15 is 0 Å². The summed E-state index contributed by atoms with van der Waals surface area (Å²) < 4.78 is 18.6. The Morgan fingerprint density at radius 2 is 2.09 bits per heavy atom. The van der Waals surface area contributed by atoms with Crippen molar-refractivity contribution in [3.8, 4) is 0 Å². The van der Waals surface area contributed by atoms with Gasteiger partial charge in [-0.3, -0.25) is 0 Å². The predicted molar refractivity (Wildman–Crippen MR) is 69.6 cm³/mol. The molecule has 3 rings (SSSR count). The number of cyclic esters (lactones) is 1. The maximum Gasteiger partial charge on any atom is 1.00 e. The normalized spacial score (nSPS) is 21.4. The zero-order valence-corrected chi connectivity index (χ0v) is 13.8. The van der Waals surface area contributed by atoms with E-state index in [1.165, 1.54) is 12.2 Å². The average molecular weight is 308 g/mol. The molecule has 106 valence electrons. The summed E-state index contributed by atoms with van der Waals surface area (Å²) in [4.78, 5) is 22.5. The maximum absolute atomic E-state index is 13.3. The zero-order valence-electron chi connectivity index (χ0n) is 11.8. The number of hydrogen-bond donors (Lipinski definition) is 0. The van der Waals surface area contributed by atoms with Gasteiger partial charge in [-0.15, -0.1) is 0 Å². The first-order valence-corrected chi connectivity index (χ1v) is 6.36. The summed E-state index contributed by atoms with van der Waals surface area (Å²) in [7, 11) is 0. The van der Waals surface area contributed by atoms with E-state index in [0.29, 0.717) is 16.7 Å². The Morgan fingerprint density at radius 3 is 2.82 bits per heavy atom. The van der Waals surface area contributed by atoms with Gasteiger partial charge in [-0.05, 0) is 36.3 Å². The number of carboxylic acids is 1. The molecule has 22 heavy (non-hydrogen) atoms. The summed E-state index contributed by atoms with van der Waals surface area (Å²) in [6.07, 6.45) is 3.64. The van der Waals surface area contributed by atoms with Crippen LogP contribution in [0.2, 0.25) is 0 Å². The second kappa shape index (κ2) is 6.60. The standard InChI is InChI=1S/C16H11FO4.Na/c17-13-6-5-9(7-12(13)15(18)19)8-14-10-3-1-2-4-11(10)16(20)21-14;/h1-4,6-8,14H,5H2,(H,18,19);/q;+1/p-1. The number of hydrogen-bond acceptors (Lipinski definition) is 4. The van der Waals surface area contributed by atoms with E-state index in [1.54, 1.807) is 30.3 Å². The number of carbonyl (C=O) groups is 2. The molecule has 2 aliphatic rings. The number of esters is 1. The Morgan fingerprint density at radius 1 is 1.36 bits per heavy atom. The van der Waals surface area contributed by atoms with Gasteiger partial charge in [-0.2, -0.15) is 0 Å². The molecule has 0 N–H and O–H groups in total. The third-order valence-electron chi connectivity index (χ3n) is 3.41.